The predicted molar refractivity (Wildman–Crippen MR) is 137 cm³/mol. The molecular weight excluding hydrogens is 573 g/mol. The van der Waals surface area contributed by atoms with Crippen LogP contribution in [0.25, 0.3) is 0 Å². The first-order valence-corrected chi connectivity index (χ1v) is 12.8. The molecule has 0 radical (unpaired) electrons. The van der Waals surface area contributed by atoms with Gasteiger partial charge in [-0.15, -0.1) is 0 Å². The number of ether oxygens (including phenoxy) is 1. The molecular formula is C28H25F7N4O3. The summed E-state index contributed by atoms with van der Waals surface area (Å²) in [5.74, 6) is -8.43. The van der Waals surface area contributed by atoms with Crippen LogP contribution in [0.5, 0.6) is 0 Å². The zero-order valence-electron chi connectivity index (χ0n) is 22.3. The van der Waals surface area contributed by atoms with Gasteiger partial charge in [-0.25, -0.2) is 22.6 Å². The van der Waals surface area contributed by atoms with Crippen molar-refractivity contribution in [3.05, 3.63) is 88.9 Å². The minimum Gasteiger partial charge on any atom is -0.456 e. The van der Waals surface area contributed by atoms with Crippen LogP contribution in [0.4, 0.5) is 36.4 Å². The Morgan fingerprint density at radius 2 is 1.74 bits per heavy atom. The van der Waals surface area contributed by atoms with Crippen molar-refractivity contribution in [1.29, 1.82) is 0 Å². The predicted octanol–water partition coefficient (Wildman–Crippen LogP) is 5.07. The molecule has 1 N–H and O–H groups in total. The first kappa shape index (κ1) is 29.6. The average molecular weight is 599 g/mol. The second kappa shape index (κ2) is 11.1. The smallest absolute Gasteiger partial charge is 0.449 e. The van der Waals surface area contributed by atoms with E-state index in [4.69, 9.17) is 9.15 Å². The lowest BCUT2D eigenvalue weighted by molar-refractivity contribution is -0.153. The molecule has 3 heterocycles. The molecule has 0 bridgehead atoms. The number of anilines is 1. The molecule has 3 atom stereocenters. The number of carbonyl (C=O) groups excluding carboxylic acids is 1. The largest absolute Gasteiger partial charge is 0.456 e. The lowest BCUT2D eigenvalue weighted by atomic mass is 9.78. The van der Waals surface area contributed by atoms with Crippen molar-refractivity contribution in [2.45, 2.75) is 30.7 Å². The van der Waals surface area contributed by atoms with Gasteiger partial charge in [-0.1, -0.05) is 0 Å². The highest BCUT2D eigenvalue weighted by Gasteiger charge is 2.57. The van der Waals surface area contributed by atoms with E-state index in [1.54, 1.807) is 0 Å². The second-order valence-corrected chi connectivity index (χ2v) is 10.3. The first-order chi connectivity index (χ1) is 19.8. The number of hydrogen-bond acceptors (Lipinski definition) is 6. The van der Waals surface area contributed by atoms with Gasteiger partial charge in [0.15, 0.2) is 11.4 Å². The molecule has 0 spiro atoms. The summed E-state index contributed by atoms with van der Waals surface area (Å²) >= 11 is 0. The highest BCUT2D eigenvalue weighted by molar-refractivity contribution is 6.13. The Kier molecular flexibility index (Phi) is 7.79. The summed E-state index contributed by atoms with van der Waals surface area (Å²) in [6.07, 6.45) is -5.34. The van der Waals surface area contributed by atoms with Crippen LogP contribution in [0.1, 0.15) is 29.9 Å². The molecule has 1 saturated heterocycles. The number of nitrogens with one attached hydrogen (secondary N) is 1. The molecule has 3 unspecified atom stereocenters. The lowest BCUT2D eigenvalue weighted by Gasteiger charge is -2.37. The number of amides is 1. The minimum atomic E-state index is -4.90. The van der Waals surface area contributed by atoms with Crippen LogP contribution in [0.3, 0.4) is 0 Å². The zero-order chi connectivity index (χ0) is 30.4. The molecule has 2 aliphatic heterocycles. The summed E-state index contributed by atoms with van der Waals surface area (Å²) < 4.78 is 109. The standard InChI is InChI=1S/C28H25F7N4O3/c1-27(26(40)36-13-17-14-38(2)9-10-41-17)24(22-7-8-23(42-22)28(33,34)35)25(18-5-3-15(29)11-19(18)31)37-39(27)21-6-4-16(30)12-20(21)32/h3-8,11-12,17,24H,9-10,13-14H2,1-2H3,(H,36,40). The number of hydrazone groups is 1. The van der Waals surface area contributed by atoms with E-state index >= 15 is 8.78 Å². The quantitative estimate of drug-likeness (QED) is 0.402. The third-order valence-electron chi connectivity index (χ3n) is 7.31. The van der Waals surface area contributed by atoms with Gasteiger partial charge in [0.25, 0.3) is 0 Å². The fraction of sp³-hybridized carbons (Fsp3) is 0.357. The van der Waals surface area contributed by atoms with Crippen molar-refractivity contribution >= 4 is 17.3 Å². The number of benzene rings is 2. The maximum absolute atomic E-state index is 15.2. The van der Waals surface area contributed by atoms with E-state index in [1.807, 2.05) is 11.9 Å². The number of alkyl halides is 3. The van der Waals surface area contributed by atoms with Gasteiger partial charge in [-0.2, -0.15) is 18.3 Å². The Morgan fingerprint density at radius 3 is 2.36 bits per heavy atom. The van der Waals surface area contributed by atoms with Crippen molar-refractivity contribution in [1.82, 2.24) is 10.2 Å². The Balaban J connectivity index is 1.66. The van der Waals surface area contributed by atoms with Gasteiger partial charge in [-0.3, -0.25) is 4.79 Å². The molecule has 1 aromatic heterocycles. The van der Waals surface area contributed by atoms with Gasteiger partial charge in [0.2, 0.25) is 11.7 Å². The van der Waals surface area contributed by atoms with Gasteiger partial charge in [0.05, 0.1) is 30.0 Å². The van der Waals surface area contributed by atoms with E-state index in [0.717, 1.165) is 35.3 Å². The summed E-state index contributed by atoms with van der Waals surface area (Å²) in [6, 6.07) is 6.46. The van der Waals surface area contributed by atoms with Crippen LogP contribution < -0.4 is 10.3 Å². The van der Waals surface area contributed by atoms with E-state index < -0.39 is 70.1 Å². The Bertz CT molecular complexity index is 1530. The molecule has 1 amide bonds. The minimum absolute atomic E-state index is 0.0303. The number of furan rings is 1. The van der Waals surface area contributed by atoms with Gasteiger partial charge in [0.1, 0.15) is 23.2 Å². The molecule has 2 aromatic carbocycles. The van der Waals surface area contributed by atoms with Gasteiger partial charge >= 0.3 is 6.18 Å². The number of rotatable bonds is 6. The van der Waals surface area contributed by atoms with Crippen molar-refractivity contribution < 1.29 is 44.7 Å². The van der Waals surface area contributed by atoms with Crippen molar-refractivity contribution in [3.8, 4) is 0 Å². The third-order valence-corrected chi connectivity index (χ3v) is 7.31. The number of likely N-dealkylation sites (N-methyl/N-ethyl adjacent to an activating group) is 1. The lowest BCUT2D eigenvalue weighted by Crippen LogP contribution is -2.58. The van der Waals surface area contributed by atoms with Crippen LogP contribution >= 0.6 is 0 Å². The topological polar surface area (TPSA) is 70.3 Å². The van der Waals surface area contributed by atoms with Gasteiger partial charge in [0, 0.05) is 37.3 Å². The molecule has 2 aliphatic rings. The maximum Gasteiger partial charge on any atom is 0.449 e. The molecule has 14 heteroatoms. The zero-order valence-corrected chi connectivity index (χ0v) is 22.3. The molecule has 224 valence electrons. The highest BCUT2D eigenvalue weighted by atomic mass is 19.4. The SMILES string of the molecule is CN1CCOC(CNC(=O)C2(C)C(c3ccc(C(F)(F)F)o3)C(c3ccc(F)cc3F)=NN2c2ccc(F)cc2F)C1. The van der Waals surface area contributed by atoms with Crippen LogP contribution in [0.15, 0.2) is 58.0 Å². The van der Waals surface area contributed by atoms with E-state index in [1.165, 1.54) is 6.92 Å². The average Bonchev–Trinajstić information content (AvgIpc) is 3.51. The Morgan fingerprint density at radius 1 is 1.05 bits per heavy atom. The molecule has 42 heavy (non-hydrogen) atoms. The fourth-order valence-electron chi connectivity index (χ4n) is 5.20. The Hall–Kier alpha value is -3.91. The van der Waals surface area contributed by atoms with Crippen LogP contribution in [-0.2, 0) is 15.7 Å². The molecule has 7 nitrogen and oxygen atoms in total. The van der Waals surface area contributed by atoms with Crippen molar-refractivity contribution in [2.24, 2.45) is 5.10 Å². The molecule has 1 fully saturated rings. The normalized spacial score (nSPS) is 23.3. The first-order valence-electron chi connectivity index (χ1n) is 12.8. The van der Waals surface area contributed by atoms with Gasteiger partial charge in [-0.05, 0) is 50.4 Å². The molecule has 0 saturated carbocycles. The maximum atomic E-state index is 15.2. The summed E-state index contributed by atoms with van der Waals surface area (Å²) in [5, 5.41) is 7.85. The fourth-order valence-corrected chi connectivity index (χ4v) is 5.20. The van der Waals surface area contributed by atoms with E-state index in [-0.39, 0.29) is 17.8 Å². The van der Waals surface area contributed by atoms with Crippen LogP contribution in [-0.4, -0.2) is 61.5 Å². The van der Waals surface area contributed by atoms with E-state index in [9.17, 15) is 26.7 Å². The number of morpholine rings is 1. The molecule has 3 aromatic rings. The van der Waals surface area contributed by atoms with Crippen molar-refractivity contribution in [3.63, 3.8) is 0 Å². The summed E-state index contributed by atoms with van der Waals surface area (Å²) in [4.78, 5) is 16.0. The van der Waals surface area contributed by atoms with Crippen molar-refractivity contribution in [2.75, 3.05) is 38.3 Å². The number of nitrogens with zero attached hydrogens (tertiary/aromatic N) is 3. The number of hydrogen-bond donors (Lipinski definition) is 1. The monoisotopic (exact) mass is 598 g/mol. The van der Waals surface area contributed by atoms with E-state index in [0.29, 0.717) is 37.9 Å². The summed E-state index contributed by atoms with van der Waals surface area (Å²) in [7, 11) is 1.86. The van der Waals surface area contributed by atoms with E-state index in [2.05, 4.69) is 10.4 Å². The molecule has 0 aliphatic carbocycles. The van der Waals surface area contributed by atoms with Crippen LogP contribution in [0.2, 0.25) is 0 Å². The van der Waals surface area contributed by atoms with Gasteiger partial charge < -0.3 is 19.4 Å². The number of halogens is 7. The summed E-state index contributed by atoms with van der Waals surface area (Å²) in [5.41, 5.74) is -3.23. The third kappa shape index (κ3) is 5.48. The molecule has 5 rings (SSSR count). The summed E-state index contributed by atoms with van der Waals surface area (Å²) in [6.45, 7) is 2.76. The Labute approximate surface area is 235 Å². The highest BCUT2D eigenvalue weighted by Crippen LogP contribution is 2.47. The second-order valence-electron chi connectivity index (χ2n) is 10.3. The number of carbonyl (C=O) groups is 1. The van der Waals surface area contributed by atoms with Crippen LogP contribution in [0, 0.1) is 23.3 Å².